The van der Waals surface area contributed by atoms with Crippen LogP contribution in [-0.2, 0) is 19.1 Å². The summed E-state index contributed by atoms with van der Waals surface area (Å²) >= 11 is 6.00. The lowest BCUT2D eigenvalue weighted by Crippen LogP contribution is -2.49. The smallest absolute Gasteiger partial charge is 0.338 e. The molecule has 2 amide bonds. The number of urea groups is 1. The van der Waals surface area contributed by atoms with Crippen molar-refractivity contribution in [2.75, 3.05) is 32.8 Å². The highest BCUT2D eigenvalue weighted by Crippen LogP contribution is 2.30. The van der Waals surface area contributed by atoms with Gasteiger partial charge in [0, 0.05) is 17.3 Å². The standard InChI is InChI=1S/C22H28ClN3O5/c1-3-30-20(27)15-9-11-26(12-10-15)13-17-18(21(28)31-4-2)19(25-22(29)24-17)14-5-7-16(23)8-6-14/h5-8,15,19H,3-4,9-13H2,1-2H3,(H2,24,25,29)/t19-/m1/s1. The molecule has 2 aliphatic rings. The topological polar surface area (TPSA) is 97.0 Å². The van der Waals surface area contributed by atoms with Crippen LogP contribution in [-0.4, -0.2) is 55.7 Å². The van der Waals surface area contributed by atoms with Gasteiger partial charge in [-0.3, -0.25) is 9.69 Å². The van der Waals surface area contributed by atoms with E-state index < -0.39 is 12.0 Å². The molecule has 2 N–H and O–H groups in total. The molecule has 3 rings (SSSR count). The van der Waals surface area contributed by atoms with Crippen molar-refractivity contribution in [1.82, 2.24) is 15.5 Å². The second kappa shape index (κ2) is 10.6. The molecule has 2 heterocycles. The third-order valence-electron chi connectivity index (χ3n) is 5.44. The van der Waals surface area contributed by atoms with Crippen LogP contribution in [0.25, 0.3) is 0 Å². The van der Waals surface area contributed by atoms with Crippen molar-refractivity contribution >= 4 is 29.6 Å². The largest absolute Gasteiger partial charge is 0.466 e. The zero-order valence-electron chi connectivity index (χ0n) is 17.8. The number of carbonyl (C=O) groups excluding carboxylic acids is 3. The van der Waals surface area contributed by atoms with Gasteiger partial charge in [0.1, 0.15) is 0 Å². The minimum absolute atomic E-state index is 0.112. The number of hydrogen-bond acceptors (Lipinski definition) is 6. The van der Waals surface area contributed by atoms with Gasteiger partial charge in [-0.25, -0.2) is 9.59 Å². The van der Waals surface area contributed by atoms with E-state index in [0.717, 1.165) is 5.56 Å². The van der Waals surface area contributed by atoms with E-state index >= 15 is 0 Å². The molecule has 0 spiro atoms. The lowest BCUT2D eigenvalue weighted by Gasteiger charge is -2.35. The molecule has 0 unspecified atom stereocenters. The van der Waals surface area contributed by atoms with Gasteiger partial charge in [0.2, 0.25) is 0 Å². The Hall–Kier alpha value is -2.58. The Bertz CT molecular complexity index is 847. The predicted octanol–water partition coefficient (Wildman–Crippen LogP) is 2.79. The van der Waals surface area contributed by atoms with E-state index in [1.807, 2.05) is 0 Å². The van der Waals surface area contributed by atoms with E-state index in [9.17, 15) is 14.4 Å². The molecule has 8 nitrogen and oxygen atoms in total. The van der Waals surface area contributed by atoms with Crippen LogP contribution in [0, 0.1) is 5.92 Å². The first-order chi connectivity index (χ1) is 14.9. The fraction of sp³-hybridized carbons (Fsp3) is 0.500. The van der Waals surface area contributed by atoms with Gasteiger partial charge < -0.3 is 20.1 Å². The minimum Gasteiger partial charge on any atom is -0.466 e. The zero-order chi connectivity index (χ0) is 22.4. The maximum absolute atomic E-state index is 12.8. The van der Waals surface area contributed by atoms with Crippen molar-refractivity contribution in [2.24, 2.45) is 5.92 Å². The summed E-state index contributed by atoms with van der Waals surface area (Å²) in [6.45, 7) is 5.84. The maximum atomic E-state index is 12.8. The van der Waals surface area contributed by atoms with Crippen LogP contribution >= 0.6 is 11.6 Å². The molecular formula is C22H28ClN3O5. The quantitative estimate of drug-likeness (QED) is 0.621. The summed E-state index contributed by atoms with van der Waals surface area (Å²) in [6, 6.07) is 5.96. The second-order valence-electron chi connectivity index (χ2n) is 7.50. The Balaban J connectivity index is 1.82. The molecule has 0 aliphatic carbocycles. The van der Waals surface area contributed by atoms with E-state index in [4.69, 9.17) is 21.1 Å². The summed E-state index contributed by atoms with van der Waals surface area (Å²) < 4.78 is 10.4. The number of ether oxygens (including phenoxy) is 2. The minimum atomic E-state index is -0.642. The normalized spacial score (nSPS) is 20.1. The van der Waals surface area contributed by atoms with Crippen molar-refractivity contribution < 1.29 is 23.9 Å². The molecule has 1 saturated heterocycles. The second-order valence-corrected chi connectivity index (χ2v) is 7.93. The van der Waals surface area contributed by atoms with E-state index in [-0.39, 0.29) is 24.5 Å². The van der Waals surface area contributed by atoms with Gasteiger partial charge in [-0.15, -0.1) is 0 Å². The van der Waals surface area contributed by atoms with Crippen LogP contribution < -0.4 is 10.6 Å². The number of hydrogen-bond donors (Lipinski definition) is 2. The first kappa shape index (κ1) is 23.1. The highest BCUT2D eigenvalue weighted by molar-refractivity contribution is 6.30. The van der Waals surface area contributed by atoms with Gasteiger partial charge in [0.25, 0.3) is 0 Å². The summed E-state index contributed by atoms with van der Waals surface area (Å²) in [5.74, 6) is -0.753. The first-order valence-electron chi connectivity index (χ1n) is 10.5. The Morgan fingerprint density at radius 2 is 1.74 bits per heavy atom. The first-order valence-corrected chi connectivity index (χ1v) is 10.9. The average molecular weight is 450 g/mol. The van der Waals surface area contributed by atoms with Crippen molar-refractivity contribution in [2.45, 2.75) is 32.7 Å². The summed E-state index contributed by atoms with van der Waals surface area (Å²) in [5.41, 5.74) is 1.62. The van der Waals surface area contributed by atoms with Crippen LogP contribution in [0.3, 0.4) is 0 Å². The third-order valence-corrected chi connectivity index (χ3v) is 5.69. The van der Waals surface area contributed by atoms with Gasteiger partial charge in [0.05, 0.1) is 30.7 Å². The van der Waals surface area contributed by atoms with E-state index in [0.29, 0.717) is 55.4 Å². The molecule has 1 aromatic carbocycles. The van der Waals surface area contributed by atoms with Crippen molar-refractivity contribution in [3.8, 4) is 0 Å². The summed E-state index contributed by atoms with van der Waals surface area (Å²) in [4.78, 5) is 39.3. The molecule has 1 aromatic rings. The fourth-order valence-electron chi connectivity index (χ4n) is 3.91. The molecule has 9 heteroatoms. The van der Waals surface area contributed by atoms with Crippen LogP contribution in [0.1, 0.15) is 38.3 Å². The molecule has 0 bridgehead atoms. The van der Waals surface area contributed by atoms with Crippen LogP contribution in [0.15, 0.2) is 35.5 Å². The summed E-state index contributed by atoms with van der Waals surface area (Å²) in [6.07, 6.45) is 1.35. The number of benzene rings is 1. The van der Waals surface area contributed by atoms with E-state index in [1.165, 1.54) is 0 Å². The van der Waals surface area contributed by atoms with Gasteiger partial charge in [-0.2, -0.15) is 0 Å². The van der Waals surface area contributed by atoms with Gasteiger partial charge in [-0.05, 0) is 57.5 Å². The number of piperidine rings is 1. The van der Waals surface area contributed by atoms with E-state index in [2.05, 4.69) is 15.5 Å². The fourth-order valence-corrected chi connectivity index (χ4v) is 4.03. The summed E-state index contributed by atoms with van der Waals surface area (Å²) in [7, 11) is 0. The molecule has 0 radical (unpaired) electrons. The highest BCUT2D eigenvalue weighted by Gasteiger charge is 2.35. The van der Waals surface area contributed by atoms with Gasteiger partial charge >= 0.3 is 18.0 Å². The lowest BCUT2D eigenvalue weighted by atomic mass is 9.93. The third kappa shape index (κ3) is 5.77. The Morgan fingerprint density at radius 3 is 2.35 bits per heavy atom. The number of nitrogens with zero attached hydrogens (tertiary/aromatic N) is 1. The highest BCUT2D eigenvalue weighted by atomic mass is 35.5. The molecular weight excluding hydrogens is 422 g/mol. The Kier molecular flexibility index (Phi) is 7.92. The van der Waals surface area contributed by atoms with Crippen molar-refractivity contribution in [3.63, 3.8) is 0 Å². The zero-order valence-corrected chi connectivity index (χ0v) is 18.5. The monoisotopic (exact) mass is 449 g/mol. The number of halogens is 1. The molecule has 1 atom stereocenters. The molecule has 0 saturated carbocycles. The number of rotatable bonds is 7. The molecule has 2 aliphatic heterocycles. The van der Waals surface area contributed by atoms with Crippen molar-refractivity contribution in [1.29, 1.82) is 0 Å². The van der Waals surface area contributed by atoms with E-state index in [1.54, 1.807) is 38.1 Å². The van der Waals surface area contributed by atoms with Crippen LogP contribution in [0.4, 0.5) is 4.79 Å². The molecule has 1 fully saturated rings. The predicted molar refractivity (Wildman–Crippen MR) is 115 cm³/mol. The average Bonchev–Trinajstić information content (AvgIpc) is 2.74. The maximum Gasteiger partial charge on any atom is 0.338 e. The Morgan fingerprint density at radius 1 is 1.10 bits per heavy atom. The van der Waals surface area contributed by atoms with Gasteiger partial charge in [-0.1, -0.05) is 23.7 Å². The molecule has 31 heavy (non-hydrogen) atoms. The van der Waals surface area contributed by atoms with Crippen LogP contribution in [0.5, 0.6) is 0 Å². The Labute approximate surface area is 186 Å². The number of amides is 2. The van der Waals surface area contributed by atoms with Crippen molar-refractivity contribution in [3.05, 3.63) is 46.1 Å². The molecule has 168 valence electrons. The number of carbonyl (C=O) groups is 3. The molecule has 0 aromatic heterocycles. The van der Waals surface area contributed by atoms with Gasteiger partial charge in [0.15, 0.2) is 0 Å². The number of esters is 2. The summed E-state index contributed by atoms with van der Waals surface area (Å²) in [5, 5.41) is 6.17. The number of nitrogens with one attached hydrogen (secondary N) is 2. The van der Waals surface area contributed by atoms with Crippen LogP contribution in [0.2, 0.25) is 5.02 Å². The number of likely N-dealkylation sites (tertiary alicyclic amines) is 1. The SMILES string of the molecule is CCOC(=O)C1=C(CN2CCC(C(=O)OCC)CC2)NC(=O)N[C@@H]1c1ccc(Cl)cc1. The lowest BCUT2D eigenvalue weighted by molar-refractivity contribution is -0.149.